The summed E-state index contributed by atoms with van der Waals surface area (Å²) in [6.07, 6.45) is 1.19. The smallest absolute Gasteiger partial charge is 0.0654 e. The molecule has 0 nitrogen and oxygen atoms in total. The Hall–Kier alpha value is -0.350. The number of alkyl halides is 1. The first kappa shape index (κ1) is 15.0. The van der Waals surface area contributed by atoms with E-state index in [9.17, 15) is 0 Å². The Kier molecular flexibility index (Phi) is 5.46. The summed E-state index contributed by atoms with van der Waals surface area (Å²) >= 11 is 6.21. The lowest BCUT2D eigenvalue weighted by Gasteiger charge is -2.15. The third-order valence-corrected chi connectivity index (χ3v) is 5.59. The molecule has 0 saturated heterocycles. The number of rotatable bonds is 4. The van der Waals surface area contributed by atoms with Gasteiger partial charge in [0.15, 0.2) is 0 Å². The molecule has 2 heteroatoms. The highest BCUT2D eigenvalue weighted by molar-refractivity contribution is 14.1. The van der Waals surface area contributed by atoms with Gasteiger partial charge in [0.1, 0.15) is 0 Å². The predicted octanol–water partition coefficient (Wildman–Crippen LogP) is 6.29. The van der Waals surface area contributed by atoms with E-state index < -0.39 is 0 Å². The average Bonchev–Trinajstić information content (AvgIpc) is 2.46. The highest BCUT2D eigenvalue weighted by atomic mass is 127. The molecule has 0 aliphatic rings. The van der Waals surface area contributed by atoms with Gasteiger partial charge in [-0.3, -0.25) is 0 Å². The molecular weight excluding hydrogens is 411 g/mol. The van der Waals surface area contributed by atoms with Gasteiger partial charge >= 0.3 is 0 Å². The van der Waals surface area contributed by atoms with Crippen LogP contribution < -0.4 is 0 Å². The van der Waals surface area contributed by atoms with Gasteiger partial charge in [0, 0.05) is 3.57 Å². The zero-order chi connectivity index (χ0) is 13.8. The second-order valence-electron chi connectivity index (χ2n) is 4.86. The Labute approximate surface area is 137 Å². The summed E-state index contributed by atoms with van der Waals surface area (Å²) in [7, 11) is 0. The molecule has 0 heterocycles. The lowest BCUT2D eigenvalue weighted by atomic mass is 9.96. The van der Waals surface area contributed by atoms with E-state index in [4.69, 9.17) is 0 Å². The van der Waals surface area contributed by atoms with Crippen LogP contribution in [0.3, 0.4) is 0 Å². The van der Waals surface area contributed by atoms with Crippen LogP contribution in [0.2, 0.25) is 0 Å². The molecule has 0 N–H and O–H groups in total. The van der Waals surface area contributed by atoms with E-state index in [-0.39, 0.29) is 4.83 Å². The van der Waals surface area contributed by atoms with Crippen LogP contribution in [0.5, 0.6) is 0 Å². The Morgan fingerprint density at radius 2 is 1.58 bits per heavy atom. The summed E-state index contributed by atoms with van der Waals surface area (Å²) in [6, 6.07) is 17.5. The highest BCUT2D eigenvalue weighted by Gasteiger charge is 2.13. The maximum Gasteiger partial charge on any atom is 0.0654 e. The van der Waals surface area contributed by atoms with Crippen LogP contribution in [-0.2, 0) is 0 Å². The van der Waals surface area contributed by atoms with Crippen molar-refractivity contribution in [1.29, 1.82) is 0 Å². The summed E-state index contributed by atoms with van der Waals surface area (Å²) in [5.41, 5.74) is 4.07. The lowest BCUT2D eigenvalue weighted by molar-refractivity contribution is 0.733. The van der Waals surface area contributed by atoms with Crippen molar-refractivity contribution in [2.75, 3.05) is 0 Å². The summed E-state index contributed by atoms with van der Waals surface area (Å²) in [6.45, 7) is 4.51. The Bertz CT molecular complexity index is 533. The first-order chi connectivity index (χ1) is 9.13. The molecule has 0 bridgehead atoms. The molecule has 0 aromatic heterocycles. The quantitative estimate of drug-likeness (QED) is 0.396. The van der Waals surface area contributed by atoms with Gasteiger partial charge in [-0.25, -0.2) is 0 Å². The van der Waals surface area contributed by atoms with E-state index in [0.717, 1.165) is 0 Å². The molecule has 2 unspecified atom stereocenters. The maximum absolute atomic E-state index is 3.82. The molecule has 0 spiro atoms. The summed E-state index contributed by atoms with van der Waals surface area (Å²) in [5, 5.41) is 0. The van der Waals surface area contributed by atoms with Crippen LogP contribution >= 0.6 is 38.5 Å². The van der Waals surface area contributed by atoms with Crippen molar-refractivity contribution in [2.45, 2.75) is 31.0 Å². The lowest BCUT2D eigenvalue weighted by Crippen LogP contribution is -1.97. The summed E-state index contributed by atoms with van der Waals surface area (Å²) in [4.78, 5) is 0.270. The van der Waals surface area contributed by atoms with Crippen molar-refractivity contribution in [2.24, 2.45) is 0 Å². The first-order valence-corrected chi connectivity index (χ1v) is 8.61. The molecule has 2 atom stereocenters. The predicted molar refractivity (Wildman–Crippen MR) is 95.1 cm³/mol. The molecule has 0 aliphatic carbocycles. The van der Waals surface area contributed by atoms with Gasteiger partial charge in [-0.05, 0) is 57.7 Å². The second-order valence-corrected chi connectivity index (χ2v) is 6.94. The molecule has 100 valence electrons. The van der Waals surface area contributed by atoms with Gasteiger partial charge in [0.05, 0.1) is 4.83 Å². The van der Waals surface area contributed by atoms with E-state index in [1.165, 1.54) is 26.7 Å². The molecule has 0 aliphatic heterocycles. The molecule has 0 fully saturated rings. The SMILES string of the molecule is CCC(C)c1ccc(C(Br)c2ccccc2I)cc1. The van der Waals surface area contributed by atoms with Gasteiger partial charge in [0.25, 0.3) is 0 Å². The normalized spacial score (nSPS) is 14.1. The van der Waals surface area contributed by atoms with E-state index in [2.05, 4.69) is 101 Å². The van der Waals surface area contributed by atoms with Crippen LogP contribution in [0.1, 0.15) is 47.7 Å². The largest absolute Gasteiger partial charge is 0.0786 e. The van der Waals surface area contributed by atoms with Crippen LogP contribution in [0.25, 0.3) is 0 Å². The van der Waals surface area contributed by atoms with Crippen molar-refractivity contribution < 1.29 is 0 Å². The summed E-state index contributed by atoms with van der Waals surface area (Å²) in [5.74, 6) is 0.639. The Morgan fingerprint density at radius 3 is 2.16 bits per heavy atom. The van der Waals surface area contributed by atoms with Crippen molar-refractivity contribution in [1.82, 2.24) is 0 Å². The Morgan fingerprint density at radius 1 is 1.00 bits per heavy atom. The number of halogens is 2. The van der Waals surface area contributed by atoms with E-state index in [1.807, 2.05) is 0 Å². The van der Waals surface area contributed by atoms with E-state index in [0.29, 0.717) is 5.92 Å². The van der Waals surface area contributed by atoms with E-state index in [1.54, 1.807) is 0 Å². The fraction of sp³-hybridized carbons (Fsp3) is 0.294. The van der Waals surface area contributed by atoms with Gasteiger partial charge in [-0.1, -0.05) is 72.2 Å². The van der Waals surface area contributed by atoms with Gasteiger partial charge in [-0.2, -0.15) is 0 Å². The topological polar surface area (TPSA) is 0 Å². The van der Waals surface area contributed by atoms with Gasteiger partial charge in [-0.15, -0.1) is 0 Å². The van der Waals surface area contributed by atoms with Crippen molar-refractivity contribution in [3.63, 3.8) is 0 Å². The molecular formula is C17H18BrI. The fourth-order valence-corrected chi connectivity index (χ4v) is 3.92. The molecule has 2 aromatic rings. The first-order valence-electron chi connectivity index (χ1n) is 6.61. The minimum atomic E-state index is 0.270. The fourth-order valence-electron chi connectivity index (χ4n) is 2.09. The van der Waals surface area contributed by atoms with Crippen LogP contribution in [0, 0.1) is 3.57 Å². The van der Waals surface area contributed by atoms with Crippen molar-refractivity contribution in [3.05, 3.63) is 68.8 Å². The molecule has 2 aromatic carbocycles. The number of hydrogen-bond acceptors (Lipinski definition) is 0. The molecule has 0 radical (unpaired) electrons. The monoisotopic (exact) mass is 428 g/mol. The number of benzene rings is 2. The third-order valence-electron chi connectivity index (χ3n) is 3.59. The minimum Gasteiger partial charge on any atom is -0.0786 e. The van der Waals surface area contributed by atoms with Gasteiger partial charge < -0.3 is 0 Å². The molecule has 2 rings (SSSR count). The summed E-state index contributed by atoms with van der Waals surface area (Å²) < 4.78 is 1.30. The van der Waals surface area contributed by atoms with Gasteiger partial charge in [0.2, 0.25) is 0 Å². The molecule has 0 amide bonds. The third kappa shape index (κ3) is 3.60. The van der Waals surface area contributed by atoms with Crippen molar-refractivity contribution in [3.8, 4) is 0 Å². The zero-order valence-electron chi connectivity index (χ0n) is 11.2. The van der Waals surface area contributed by atoms with Crippen LogP contribution in [0.4, 0.5) is 0 Å². The highest BCUT2D eigenvalue weighted by Crippen LogP contribution is 2.34. The maximum atomic E-state index is 3.82. The number of hydrogen-bond donors (Lipinski definition) is 0. The second kappa shape index (κ2) is 6.89. The van der Waals surface area contributed by atoms with E-state index >= 15 is 0 Å². The zero-order valence-corrected chi connectivity index (χ0v) is 15.0. The van der Waals surface area contributed by atoms with Crippen LogP contribution in [-0.4, -0.2) is 0 Å². The Balaban J connectivity index is 2.25. The molecule has 19 heavy (non-hydrogen) atoms. The molecule has 0 saturated carbocycles. The van der Waals surface area contributed by atoms with Crippen LogP contribution in [0.15, 0.2) is 48.5 Å². The van der Waals surface area contributed by atoms with Crippen molar-refractivity contribution >= 4 is 38.5 Å². The minimum absolute atomic E-state index is 0.270. The standard InChI is InChI=1S/C17H18BrI/c1-3-12(2)13-8-10-14(11-9-13)17(18)15-6-4-5-7-16(15)19/h4-12,17H,3H2,1-2H3. The average molecular weight is 429 g/mol.